The van der Waals surface area contributed by atoms with Crippen LogP contribution < -0.4 is 5.32 Å². The molecule has 1 fully saturated rings. The van der Waals surface area contributed by atoms with Crippen molar-refractivity contribution in [1.82, 2.24) is 4.90 Å². The third-order valence-corrected chi connectivity index (χ3v) is 6.20. The highest BCUT2D eigenvalue weighted by Crippen LogP contribution is 2.35. The first-order valence-electron chi connectivity index (χ1n) is 10.9. The van der Waals surface area contributed by atoms with Gasteiger partial charge in [0.25, 0.3) is 0 Å². The van der Waals surface area contributed by atoms with Gasteiger partial charge in [0.15, 0.2) is 0 Å². The molecule has 1 heterocycles. The van der Waals surface area contributed by atoms with Gasteiger partial charge in [-0.2, -0.15) is 0 Å². The second-order valence-corrected chi connectivity index (χ2v) is 8.52. The Morgan fingerprint density at radius 2 is 2.00 bits per heavy atom. The molecule has 0 amide bonds. The minimum atomic E-state index is -0.160. The van der Waals surface area contributed by atoms with E-state index >= 15 is 0 Å². The lowest BCUT2D eigenvalue weighted by Crippen LogP contribution is -2.37. The van der Waals surface area contributed by atoms with E-state index in [1.54, 1.807) is 12.1 Å². The summed E-state index contributed by atoms with van der Waals surface area (Å²) < 4.78 is 14.0. The van der Waals surface area contributed by atoms with Gasteiger partial charge in [0.05, 0.1) is 0 Å². The van der Waals surface area contributed by atoms with Gasteiger partial charge < -0.3 is 5.32 Å². The second-order valence-electron chi connectivity index (χ2n) is 8.09. The summed E-state index contributed by atoms with van der Waals surface area (Å²) in [5.41, 5.74) is 3.29. The molecule has 2 unspecified atom stereocenters. The van der Waals surface area contributed by atoms with E-state index in [4.69, 9.17) is 11.6 Å². The number of hydrogen-bond acceptors (Lipinski definition) is 2. The number of piperidine rings is 1. The van der Waals surface area contributed by atoms with Gasteiger partial charge in [-0.1, -0.05) is 55.0 Å². The lowest BCUT2D eigenvalue weighted by molar-refractivity contribution is 0.175. The van der Waals surface area contributed by atoms with Crippen molar-refractivity contribution < 1.29 is 4.39 Å². The first-order chi connectivity index (χ1) is 14.6. The fourth-order valence-electron chi connectivity index (χ4n) is 4.19. The number of hydrogen-bond donors (Lipinski definition) is 1. The normalized spacial score (nSPS) is 18.9. The van der Waals surface area contributed by atoms with Crippen molar-refractivity contribution >= 4 is 23.4 Å². The molecule has 160 valence electrons. The molecule has 0 spiro atoms. The molecule has 2 aromatic carbocycles. The molecule has 0 saturated carbocycles. The minimum absolute atomic E-state index is 0.160. The van der Waals surface area contributed by atoms with Crippen LogP contribution in [0, 0.1) is 11.7 Å². The number of benzene rings is 2. The molecule has 1 saturated heterocycles. The summed E-state index contributed by atoms with van der Waals surface area (Å²) >= 11 is 5.96. The molecule has 30 heavy (non-hydrogen) atoms. The topological polar surface area (TPSA) is 15.3 Å². The number of nitrogens with zero attached hydrogens (tertiary/aromatic N) is 1. The number of allylic oxidation sites excluding steroid dienone is 1. The quantitative estimate of drug-likeness (QED) is 0.457. The van der Waals surface area contributed by atoms with E-state index in [2.05, 4.69) is 35.4 Å². The second kappa shape index (κ2) is 11.3. The van der Waals surface area contributed by atoms with Crippen LogP contribution in [0.5, 0.6) is 0 Å². The first-order valence-corrected chi connectivity index (χ1v) is 11.2. The van der Waals surface area contributed by atoms with E-state index in [0.717, 1.165) is 48.0 Å². The predicted molar refractivity (Wildman–Crippen MR) is 128 cm³/mol. The van der Waals surface area contributed by atoms with E-state index in [0.29, 0.717) is 11.8 Å². The first kappa shape index (κ1) is 22.6. The number of anilines is 1. The molecule has 1 N–H and O–H groups in total. The van der Waals surface area contributed by atoms with E-state index < -0.39 is 0 Å². The third-order valence-electron chi connectivity index (χ3n) is 5.94. The average Bonchev–Trinajstić information content (AvgIpc) is 2.76. The van der Waals surface area contributed by atoms with Crippen LogP contribution >= 0.6 is 11.6 Å². The highest BCUT2D eigenvalue weighted by Gasteiger charge is 2.26. The summed E-state index contributed by atoms with van der Waals surface area (Å²) in [4.78, 5) is 2.50. The Hall–Kier alpha value is -2.10. The molecule has 0 radical (unpaired) electrons. The molecule has 0 bridgehead atoms. The van der Waals surface area contributed by atoms with Crippen molar-refractivity contribution in [3.8, 4) is 0 Å². The van der Waals surface area contributed by atoms with Gasteiger partial charge >= 0.3 is 0 Å². The van der Waals surface area contributed by atoms with Gasteiger partial charge in [-0.05, 0) is 79.6 Å². The Kier molecular flexibility index (Phi) is 8.53. The Labute approximate surface area is 185 Å². The van der Waals surface area contributed by atoms with Crippen molar-refractivity contribution in [2.75, 3.05) is 31.5 Å². The largest absolute Gasteiger partial charge is 0.381 e. The molecule has 2 nitrogen and oxygen atoms in total. The number of halogens is 2. The van der Waals surface area contributed by atoms with Crippen LogP contribution in [-0.2, 0) is 0 Å². The van der Waals surface area contributed by atoms with Gasteiger partial charge in [0.2, 0.25) is 0 Å². The maximum absolute atomic E-state index is 14.0. The average molecular weight is 427 g/mol. The highest BCUT2D eigenvalue weighted by atomic mass is 35.5. The predicted octanol–water partition coefficient (Wildman–Crippen LogP) is 7.00. The molecule has 1 aliphatic rings. The van der Waals surface area contributed by atoms with Crippen LogP contribution in [0.3, 0.4) is 0 Å². The molecule has 4 heteroatoms. The molecular weight excluding hydrogens is 395 g/mol. The lowest BCUT2D eigenvalue weighted by Gasteiger charge is -2.36. The van der Waals surface area contributed by atoms with Gasteiger partial charge in [-0.3, -0.25) is 4.90 Å². The third kappa shape index (κ3) is 6.45. The van der Waals surface area contributed by atoms with Crippen LogP contribution in [-0.4, -0.2) is 31.1 Å². The van der Waals surface area contributed by atoms with Crippen LogP contribution in [0.15, 0.2) is 60.7 Å². The van der Waals surface area contributed by atoms with Crippen LogP contribution in [0.2, 0.25) is 5.02 Å². The fourth-order valence-corrected chi connectivity index (χ4v) is 4.31. The molecule has 1 aliphatic heterocycles. The summed E-state index contributed by atoms with van der Waals surface area (Å²) in [5.74, 6) is 0.663. The van der Waals surface area contributed by atoms with E-state index in [9.17, 15) is 4.39 Å². The smallest absolute Gasteiger partial charge is 0.123 e. The molecule has 0 aromatic heterocycles. The van der Waals surface area contributed by atoms with Crippen molar-refractivity contribution in [2.45, 2.75) is 32.6 Å². The Morgan fingerprint density at radius 3 is 2.77 bits per heavy atom. The highest BCUT2D eigenvalue weighted by molar-refractivity contribution is 6.30. The van der Waals surface area contributed by atoms with Gasteiger partial charge in [-0.25, -0.2) is 4.39 Å². The molecule has 3 rings (SSSR count). The zero-order chi connectivity index (χ0) is 21.3. The van der Waals surface area contributed by atoms with Crippen LogP contribution in [0.1, 0.15) is 43.7 Å². The summed E-state index contributed by atoms with van der Waals surface area (Å²) in [6, 6.07) is 13.0. The number of likely N-dealkylation sites (tertiary alicyclic amines) is 1. The van der Waals surface area contributed by atoms with E-state index in [1.165, 1.54) is 12.8 Å². The Morgan fingerprint density at radius 1 is 1.20 bits per heavy atom. The molecule has 0 aliphatic carbocycles. The maximum atomic E-state index is 14.0. The number of rotatable bonds is 8. The van der Waals surface area contributed by atoms with Crippen molar-refractivity contribution in [3.05, 3.63) is 82.7 Å². The maximum Gasteiger partial charge on any atom is 0.123 e. The summed E-state index contributed by atoms with van der Waals surface area (Å²) in [7, 11) is 0. The summed E-state index contributed by atoms with van der Waals surface area (Å²) in [5, 5.41) is 4.20. The SMILES string of the molecule is C/C=C/CNc1ccc(F)cc1C(C)C1CCCN(C/C=C/c2ccc(Cl)cc2)C1. The van der Waals surface area contributed by atoms with E-state index in [-0.39, 0.29) is 5.82 Å². The van der Waals surface area contributed by atoms with Crippen LogP contribution in [0.25, 0.3) is 6.08 Å². The van der Waals surface area contributed by atoms with Crippen molar-refractivity contribution in [1.29, 1.82) is 0 Å². The van der Waals surface area contributed by atoms with Gasteiger partial charge in [-0.15, -0.1) is 0 Å². The Balaban J connectivity index is 1.63. The standard InChI is InChI=1S/C26H32ClFN2/c1-3-4-15-29-26-14-13-24(28)18-25(26)20(2)22-8-6-17-30(19-22)16-5-7-21-9-11-23(27)12-10-21/h3-5,7,9-14,18,20,22,29H,6,8,15-17,19H2,1-2H3/b4-3+,7-5+. The Bertz CT molecular complexity index is 860. The number of nitrogens with one attached hydrogen (secondary N) is 1. The lowest BCUT2D eigenvalue weighted by atomic mass is 9.81. The van der Waals surface area contributed by atoms with Crippen molar-refractivity contribution in [3.63, 3.8) is 0 Å². The zero-order valence-corrected chi connectivity index (χ0v) is 18.7. The fraction of sp³-hybridized carbons (Fsp3) is 0.385. The molecular formula is C26H32ClFN2. The monoisotopic (exact) mass is 426 g/mol. The molecule has 2 atom stereocenters. The minimum Gasteiger partial charge on any atom is -0.381 e. The van der Waals surface area contributed by atoms with Crippen LogP contribution in [0.4, 0.5) is 10.1 Å². The van der Waals surface area contributed by atoms with Crippen molar-refractivity contribution in [2.24, 2.45) is 5.92 Å². The van der Waals surface area contributed by atoms with Gasteiger partial charge in [0.1, 0.15) is 5.82 Å². The zero-order valence-electron chi connectivity index (χ0n) is 18.0. The van der Waals surface area contributed by atoms with Gasteiger partial charge in [0, 0.05) is 30.3 Å². The molecule has 2 aromatic rings. The summed E-state index contributed by atoms with van der Waals surface area (Å²) in [6.45, 7) is 8.09. The van der Waals surface area contributed by atoms with E-state index in [1.807, 2.05) is 43.3 Å². The summed E-state index contributed by atoms with van der Waals surface area (Å²) in [6.07, 6.45) is 10.8.